The number of rotatable bonds is 7. The van der Waals surface area contributed by atoms with Gasteiger partial charge < -0.3 is 14.4 Å². The molecule has 0 unspecified atom stereocenters. The molecule has 1 aromatic heterocycles. The molecule has 3 heterocycles. The number of benzene rings is 2. The van der Waals surface area contributed by atoms with E-state index in [2.05, 4.69) is 22.0 Å². The van der Waals surface area contributed by atoms with Crippen LogP contribution in [0.5, 0.6) is 5.75 Å². The minimum atomic E-state index is -0.118. The molecular weight excluding hydrogens is 456 g/mol. The zero-order valence-electron chi connectivity index (χ0n) is 20.9. The summed E-state index contributed by atoms with van der Waals surface area (Å²) in [6, 6.07) is 13.6. The molecule has 2 aliphatic heterocycles. The lowest BCUT2D eigenvalue weighted by Crippen LogP contribution is -2.36. The Hall–Kier alpha value is -3.23. The first-order valence-electron chi connectivity index (χ1n) is 12.8. The van der Waals surface area contributed by atoms with E-state index < -0.39 is 0 Å². The first-order chi connectivity index (χ1) is 17.6. The minimum absolute atomic E-state index is 0.00958. The van der Waals surface area contributed by atoms with Crippen molar-refractivity contribution in [1.29, 1.82) is 0 Å². The molecule has 1 fully saturated rings. The maximum absolute atomic E-state index is 13.1. The lowest BCUT2D eigenvalue weighted by Gasteiger charge is -2.32. The first-order valence-corrected chi connectivity index (χ1v) is 12.8. The molecule has 0 N–H and O–H groups in total. The molecule has 1 saturated heterocycles. The number of aryl methyl sites for hydroxylation is 1. The fraction of sp³-hybridized carbons (Fsp3) is 0.464. The summed E-state index contributed by atoms with van der Waals surface area (Å²) >= 11 is 0. The molecule has 5 rings (SSSR count). The SMILES string of the molecule is COC[C@H]1CCCN(Cc2ccc3c(c2)CN(C(=O)CCn2cnc4ccccc4c2=O)CCO3)C1. The van der Waals surface area contributed by atoms with Gasteiger partial charge in [-0.2, -0.15) is 0 Å². The van der Waals surface area contributed by atoms with E-state index in [4.69, 9.17) is 9.47 Å². The zero-order chi connectivity index (χ0) is 24.9. The van der Waals surface area contributed by atoms with E-state index in [9.17, 15) is 9.59 Å². The smallest absolute Gasteiger partial charge is 0.261 e. The Kier molecular flexibility index (Phi) is 7.63. The second-order valence-corrected chi connectivity index (χ2v) is 9.81. The monoisotopic (exact) mass is 490 g/mol. The average Bonchev–Trinajstić information content (AvgIpc) is 3.11. The molecule has 0 radical (unpaired) electrons. The number of aromatic nitrogens is 2. The highest BCUT2D eigenvalue weighted by Crippen LogP contribution is 2.26. The highest BCUT2D eigenvalue weighted by atomic mass is 16.5. The van der Waals surface area contributed by atoms with Gasteiger partial charge in [0.2, 0.25) is 5.91 Å². The quantitative estimate of drug-likeness (QED) is 0.507. The van der Waals surface area contributed by atoms with Crippen LogP contribution in [0.2, 0.25) is 0 Å². The summed E-state index contributed by atoms with van der Waals surface area (Å²) in [7, 11) is 1.77. The van der Waals surface area contributed by atoms with Gasteiger partial charge in [0.1, 0.15) is 12.4 Å². The lowest BCUT2D eigenvalue weighted by atomic mass is 9.98. The van der Waals surface area contributed by atoms with Crippen molar-refractivity contribution in [2.45, 2.75) is 38.9 Å². The van der Waals surface area contributed by atoms with Crippen molar-refractivity contribution >= 4 is 16.8 Å². The van der Waals surface area contributed by atoms with Gasteiger partial charge in [-0.1, -0.05) is 18.2 Å². The van der Waals surface area contributed by atoms with Crippen LogP contribution < -0.4 is 10.3 Å². The van der Waals surface area contributed by atoms with Gasteiger partial charge >= 0.3 is 0 Å². The van der Waals surface area contributed by atoms with Crippen molar-refractivity contribution in [1.82, 2.24) is 19.4 Å². The zero-order valence-corrected chi connectivity index (χ0v) is 20.9. The molecule has 0 bridgehead atoms. The molecular formula is C28H34N4O4. The molecule has 8 heteroatoms. The third-order valence-electron chi connectivity index (χ3n) is 7.17. The lowest BCUT2D eigenvalue weighted by molar-refractivity contribution is -0.132. The molecule has 1 amide bonds. The number of fused-ring (bicyclic) bond motifs is 2. The minimum Gasteiger partial charge on any atom is -0.491 e. The molecule has 0 aliphatic carbocycles. The summed E-state index contributed by atoms with van der Waals surface area (Å²) in [5, 5.41) is 0.569. The number of likely N-dealkylation sites (tertiary alicyclic amines) is 1. The maximum Gasteiger partial charge on any atom is 0.261 e. The van der Waals surface area contributed by atoms with Gasteiger partial charge in [0.15, 0.2) is 0 Å². The number of carbonyl (C=O) groups is 1. The number of piperidine rings is 1. The van der Waals surface area contributed by atoms with Crippen LogP contribution in [0.25, 0.3) is 10.9 Å². The Morgan fingerprint density at radius 2 is 2.08 bits per heavy atom. The predicted molar refractivity (Wildman–Crippen MR) is 138 cm³/mol. The van der Waals surface area contributed by atoms with Crippen LogP contribution in [-0.2, 0) is 29.2 Å². The summed E-state index contributed by atoms with van der Waals surface area (Å²) in [6.07, 6.45) is 4.19. The van der Waals surface area contributed by atoms with Gasteiger partial charge in [-0.3, -0.25) is 19.1 Å². The molecule has 36 heavy (non-hydrogen) atoms. The van der Waals surface area contributed by atoms with E-state index in [-0.39, 0.29) is 17.9 Å². The van der Waals surface area contributed by atoms with Gasteiger partial charge in [-0.05, 0) is 55.1 Å². The number of hydrogen-bond acceptors (Lipinski definition) is 6. The van der Waals surface area contributed by atoms with E-state index in [0.29, 0.717) is 43.1 Å². The van der Waals surface area contributed by atoms with E-state index in [0.717, 1.165) is 37.6 Å². The average molecular weight is 491 g/mol. The number of para-hydroxylation sites is 1. The first kappa shape index (κ1) is 24.5. The number of hydrogen-bond donors (Lipinski definition) is 0. The summed E-state index contributed by atoms with van der Waals surface area (Å²) in [6.45, 7) is 5.65. The van der Waals surface area contributed by atoms with Crippen molar-refractivity contribution in [3.05, 3.63) is 70.3 Å². The van der Waals surface area contributed by atoms with Crippen molar-refractivity contribution in [2.24, 2.45) is 5.92 Å². The number of carbonyl (C=O) groups excluding carboxylic acids is 1. The molecule has 2 aromatic carbocycles. The number of nitrogens with zero attached hydrogens (tertiary/aromatic N) is 4. The summed E-state index contributed by atoms with van der Waals surface area (Å²) < 4.78 is 12.9. The van der Waals surface area contributed by atoms with E-state index >= 15 is 0 Å². The Bertz CT molecular complexity index is 1270. The molecule has 3 aromatic rings. The summed E-state index contributed by atoms with van der Waals surface area (Å²) in [5.41, 5.74) is 2.82. The summed E-state index contributed by atoms with van der Waals surface area (Å²) in [4.78, 5) is 34.6. The standard InChI is InChI=1S/C28H34N4O4/c1-35-19-22-5-4-11-30(17-22)16-21-8-9-26-23(15-21)18-31(13-14-36-26)27(33)10-12-32-20-29-25-7-3-2-6-24(25)28(32)34/h2-3,6-9,15,20,22H,4-5,10-14,16-19H2,1H3/t22-/m0/s1. The van der Waals surface area contributed by atoms with E-state index in [1.807, 2.05) is 29.2 Å². The van der Waals surface area contributed by atoms with Crippen molar-refractivity contribution < 1.29 is 14.3 Å². The molecule has 2 aliphatic rings. The van der Waals surface area contributed by atoms with Crippen molar-refractivity contribution in [2.75, 3.05) is 40.0 Å². The van der Waals surface area contributed by atoms with Crippen LogP contribution in [0.15, 0.2) is 53.6 Å². The maximum atomic E-state index is 13.1. The number of amides is 1. The Labute approximate surface area is 211 Å². The molecule has 0 spiro atoms. The Morgan fingerprint density at radius 1 is 1.19 bits per heavy atom. The Balaban J connectivity index is 1.23. The van der Waals surface area contributed by atoms with Gasteiger partial charge in [0.05, 0.1) is 30.4 Å². The highest BCUT2D eigenvalue weighted by molar-refractivity contribution is 5.77. The third-order valence-corrected chi connectivity index (χ3v) is 7.17. The van der Waals surface area contributed by atoms with Crippen LogP contribution in [0.1, 0.15) is 30.4 Å². The van der Waals surface area contributed by atoms with Crippen LogP contribution in [0, 0.1) is 5.92 Å². The molecule has 8 nitrogen and oxygen atoms in total. The summed E-state index contributed by atoms with van der Waals surface area (Å²) in [5.74, 6) is 1.45. The number of methoxy groups -OCH3 is 1. The van der Waals surface area contributed by atoms with Crippen LogP contribution in [0.3, 0.4) is 0 Å². The van der Waals surface area contributed by atoms with Crippen molar-refractivity contribution in [3.63, 3.8) is 0 Å². The van der Waals surface area contributed by atoms with Crippen molar-refractivity contribution in [3.8, 4) is 5.75 Å². The fourth-order valence-electron chi connectivity index (χ4n) is 5.32. The third kappa shape index (κ3) is 5.60. The van der Waals surface area contributed by atoms with Crippen LogP contribution >= 0.6 is 0 Å². The van der Waals surface area contributed by atoms with Gasteiger partial charge in [0.25, 0.3) is 5.56 Å². The normalized spacial score (nSPS) is 18.5. The predicted octanol–water partition coefficient (Wildman–Crippen LogP) is 3.07. The highest BCUT2D eigenvalue weighted by Gasteiger charge is 2.23. The van der Waals surface area contributed by atoms with E-state index in [1.165, 1.54) is 29.3 Å². The second kappa shape index (κ2) is 11.2. The van der Waals surface area contributed by atoms with Crippen LogP contribution in [0.4, 0.5) is 0 Å². The van der Waals surface area contributed by atoms with Gasteiger partial charge in [-0.15, -0.1) is 0 Å². The second-order valence-electron chi connectivity index (χ2n) is 9.81. The van der Waals surface area contributed by atoms with E-state index in [1.54, 1.807) is 13.2 Å². The Morgan fingerprint density at radius 3 is 2.97 bits per heavy atom. The van der Waals surface area contributed by atoms with Gasteiger partial charge in [-0.25, -0.2) is 4.98 Å². The number of ether oxygens (including phenoxy) is 2. The van der Waals surface area contributed by atoms with Gasteiger partial charge in [0, 0.05) is 45.3 Å². The topological polar surface area (TPSA) is 76.9 Å². The fourth-order valence-corrected chi connectivity index (χ4v) is 5.32. The van der Waals surface area contributed by atoms with Crippen LogP contribution in [-0.4, -0.2) is 65.2 Å². The molecule has 190 valence electrons. The molecule has 0 saturated carbocycles. The molecule has 1 atom stereocenters. The largest absolute Gasteiger partial charge is 0.491 e.